The number of nitrogens with two attached hydrogens (primary N) is 1. The summed E-state index contributed by atoms with van der Waals surface area (Å²) in [7, 11) is 0. The fourth-order valence-corrected chi connectivity index (χ4v) is 2.48. The highest BCUT2D eigenvalue weighted by atomic mass is 14.6. The zero-order valence-corrected chi connectivity index (χ0v) is 14.1. The third kappa shape index (κ3) is 15.9. The lowest BCUT2D eigenvalue weighted by atomic mass is 9.88. The smallest absolute Gasteiger partial charge is 0.00390 e. The molecule has 0 aliphatic carbocycles. The van der Waals surface area contributed by atoms with Crippen molar-refractivity contribution in [3.8, 4) is 0 Å². The Labute approximate surface area is 122 Å². The van der Waals surface area contributed by atoms with Crippen LogP contribution in [-0.4, -0.2) is 6.04 Å². The molecule has 0 aliphatic heterocycles. The molecule has 0 bridgehead atoms. The lowest BCUT2D eigenvalue weighted by molar-refractivity contribution is 0.340. The first-order valence-electron chi connectivity index (χ1n) is 8.71. The molecule has 2 N–H and O–H groups in total. The molecule has 0 aromatic carbocycles. The summed E-state index contributed by atoms with van der Waals surface area (Å²) in [5.41, 5.74) is 6.62. The molecule has 1 atom stereocenters. The summed E-state index contributed by atoms with van der Waals surface area (Å²) in [5, 5.41) is 0. The molecule has 19 heavy (non-hydrogen) atoms. The maximum Gasteiger partial charge on any atom is 0.00390 e. The normalized spacial score (nSPS) is 13.7. The Morgan fingerprint density at radius 3 is 1.68 bits per heavy atom. The van der Waals surface area contributed by atoms with Crippen molar-refractivity contribution >= 4 is 0 Å². The Kier molecular flexibility index (Phi) is 11.7. The van der Waals surface area contributed by atoms with Crippen molar-refractivity contribution in [3.05, 3.63) is 0 Å². The summed E-state index contributed by atoms with van der Waals surface area (Å²) in [6, 6.07) is 0.434. The van der Waals surface area contributed by atoms with Gasteiger partial charge >= 0.3 is 0 Å². The van der Waals surface area contributed by atoms with E-state index in [-0.39, 0.29) is 0 Å². The van der Waals surface area contributed by atoms with E-state index in [1.807, 2.05) is 0 Å². The summed E-state index contributed by atoms with van der Waals surface area (Å²) in [6.07, 6.45) is 16.3. The van der Waals surface area contributed by atoms with E-state index in [0.29, 0.717) is 11.5 Å². The molecule has 0 heterocycles. The Morgan fingerprint density at radius 1 is 0.737 bits per heavy atom. The van der Waals surface area contributed by atoms with Crippen LogP contribution in [0.4, 0.5) is 0 Å². The molecule has 0 aliphatic rings. The van der Waals surface area contributed by atoms with Gasteiger partial charge in [-0.15, -0.1) is 0 Å². The molecule has 0 saturated carbocycles. The van der Waals surface area contributed by atoms with Crippen molar-refractivity contribution in [2.24, 2.45) is 11.1 Å². The maximum atomic E-state index is 6.18. The monoisotopic (exact) mass is 269 g/mol. The van der Waals surface area contributed by atoms with Crippen LogP contribution in [0.15, 0.2) is 0 Å². The highest BCUT2D eigenvalue weighted by Gasteiger charge is 2.12. The fraction of sp³-hybridized carbons (Fsp3) is 1.00. The SMILES string of the molecule is CCCCCCCCCCCC(N)CCC(C)(C)C. The van der Waals surface area contributed by atoms with Gasteiger partial charge in [-0.2, -0.15) is 0 Å². The van der Waals surface area contributed by atoms with E-state index < -0.39 is 0 Å². The van der Waals surface area contributed by atoms with Gasteiger partial charge in [-0.3, -0.25) is 0 Å². The molecule has 1 nitrogen and oxygen atoms in total. The molecular weight excluding hydrogens is 230 g/mol. The minimum atomic E-state index is 0.434. The lowest BCUT2D eigenvalue weighted by Crippen LogP contribution is -2.22. The first-order valence-corrected chi connectivity index (χ1v) is 8.71. The largest absolute Gasteiger partial charge is 0.328 e. The number of hydrogen-bond acceptors (Lipinski definition) is 1. The molecule has 0 rings (SSSR count). The van der Waals surface area contributed by atoms with Gasteiger partial charge in [0.05, 0.1) is 0 Å². The van der Waals surface area contributed by atoms with Gasteiger partial charge in [0.2, 0.25) is 0 Å². The number of unbranched alkanes of at least 4 members (excludes halogenated alkanes) is 8. The molecule has 0 aromatic rings. The van der Waals surface area contributed by atoms with Crippen molar-refractivity contribution in [1.29, 1.82) is 0 Å². The van der Waals surface area contributed by atoms with Crippen molar-refractivity contribution in [2.45, 2.75) is 111 Å². The van der Waals surface area contributed by atoms with Crippen molar-refractivity contribution in [1.82, 2.24) is 0 Å². The Bertz CT molecular complexity index is 181. The predicted octanol–water partition coefficient (Wildman–Crippen LogP) is 6.06. The zero-order chi connectivity index (χ0) is 14.6. The quantitative estimate of drug-likeness (QED) is 0.428. The standard InChI is InChI=1S/C18H39N/c1-5-6-7-8-9-10-11-12-13-14-17(19)15-16-18(2,3)4/h17H,5-16,19H2,1-4H3. The summed E-state index contributed by atoms with van der Waals surface area (Å²) in [4.78, 5) is 0. The molecule has 0 saturated heterocycles. The fourth-order valence-electron chi connectivity index (χ4n) is 2.48. The third-order valence-electron chi connectivity index (χ3n) is 3.94. The minimum absolute atomic E-state index is 0.434. The highest BCUT2D eigenvalue weighted by molar-refractivity contribution is 4.68. The summed E-state index contributed by atoms with van der Waals surface area (Å²) < 4.78 is 0. The van der Waals surface area contributed by atoms with Crippen LogP contribution in [0, 0.1) is 5.41 Å². The van der Waals surface area contributed by atoms with Crippen molar-refractivity contribution in [2.75, 3.05) is 0 Å². The van der Waals surface area contributed by atoms with Crippen LogP contribution in [0.1, 0.15) is 105 Å². The van der Waals surface area contributed by atoms with Gasteiger partial charge in [0, 0.05) is 6.04 Å². The van der Waals surface area contributed by atoms with E-state index >= 15 is 0 Å². The highest BCUT2D eigenvalue weighted by Crippen LogP contribution is 2.22. The van der Waals surface area contributed by atoms with Gasteiger partial charge in [-0.25, -0.2) is 0 Å². The van der Waals surface area contributed by atoms with Gasteiger partial charge in [0.1, 0.15) is 0 Å². The van der Waals surface area contributed by atoms with Crippen LogP contribution in [0.5, 0.6) is 0 Å². The molecule has 0 spiro atoms. The third-order valence-corrected chi connectivity index (χ3v) is 3.94. The summed E-state index contributed by atoms with van der Waals surface area (Å²) in [6.45, 7) is 9.19. The molecule has 0 aromatic heterocycles. The van der Waals surface area contributed by atoms with Crippen molar-refractivity contribution in [3.63, 3.8) is 0 Å². The first-order chi connectivity index (χ1) is 8.95. The summed E-state index contributed by atoms with van der Waals surface area (Å²) in [5.74, 6) is 0. The van der Waals surface area contributed by atoms with E-state index in [0.717, 1.165) is 0 Å². The van der Waals surface area contributed by atoms with Gasteiger partial charge in [-0.05, 0) is 24.7 Å². The maximum absolute atomic E-state index is 6.18. The lowest BCUT2D eigenvalue weighted by Gasteiger charge is -2.20. The van der Waals surface area contributed by atoms with Crippen LogP contribution >= 0.6 is 0 Å². The molecule has 0 radical (unpaired) electrons. The van der Waals surface area contributed by atoms with E-state index in [9.17, 15) is 0 Å². The molecule has 1 unspecified atom stereocenters. The van der Waals surface area contributed by atoms with E-state index in [2.05, 4.69) is 27.7 Å². The van der Waals surface area contributed by atoms with Crippen LogP contribution in [0.25, 0.3) is 0 Å². The van der Waals surface area contributed by atoms with E-state index in [1.165, 1.54) is 77.0 Å². The molecule has 1 heteroatoms. The Balaban J connectivity index is 3.21. The predicted molar refractivity (Wildman–Crippen MR) is 88.5 cm³/mol. The van der Waals surface area contributed by atoms with E-state index in [4.69, 9.17) is 5.73 Å². The zero-order valence-electron chi connectivity index (χ0n) is 14.1. The van der Waals surface area contributed by atoms with Gasteiger partial charge in [-0.1, -0.05) is 85.5 Å². The van der Waals surface area contributed by atoms with Gasteiger partial charge in [0.25, 0.3) is 0 Å². The second-order valence-corrected chi connectivity index (χ2v) is 7.48. The van der Waals surface area contributed by atoms with Crippen molar-refractivity contribution < 1.29 is 0 Å². The molecular formula is C18H39N. The summed E-state index contributed by atoms with van der Waals surface area (Å²) >= 11 is 0. The molecule has 0 fully saturated rings. The number of hydrogen-bond donors (Lipinski definition) is 1. The van der Waals surface area contributed by atoms with Gasteiger partial charge < -0.3 is 5.73 Å². The van der Waals surface area contributed by atoms with Gasteiger partial charge in [0.15, 0.2) is 0 Å². The Morgan fingerprint density at radius 2 is 1.21 bits per heavy atom. The second kappa shape index (κ2) is 11.8. The second-order valence-electron chi connectivity index (χ2n) is 7.48. The molecule has 0 amide bonds. The van der Waals surface area contributed by atoms with Crippen LogP contribution in [0.3, 0.4) is 0 Å². The average molecular weight is 270 g/mol. The minimum Gasteiger partial charge on any atom is -0.328 e. The van der Waals surface area contributed by atoms with Crippen LogP contribution < -0.4 is 5.73 Å². The van der Waals surface area contributed by atoms with Crippen LogP contribution in [0.2, 0.25) is 0 Å². The van der Waals surface area contributed by atoms with Crippen LogP contribution in [-0.2, 0) is 0 Å². The first kappa shape index (κ1) is 19.0. The molecule has 116 valence electrons. The average Bonchev–Trinajstić information content (AvgIpc) is 2.33. The Hall–Kier alpha value is -0.0400. The number of rotatable bonds is 12. The van der Waals surface area contributed by atoms with E-state index in [1.54, 1.807) is 0 Å². The topological polar surface area (TPSA) is 26.0 Å².